The predicted octanol–water partition coefficient (Wildman–Crippen LogP) is 1.42. The van der Waals surface area contributed by atoms with Gasteiger partial charge >= 0.3 is 0 Å². The van der Waals surface area contributed by atoms with Crippen LogP contribution in [0.15, 0.2) is 0 Å². The molecule has 18 heavy (non-hydrogen) atoms. The zero-order chi connectivity index (χ0) is 13.3. The molecule has 0 aromatic heterocycles. The highest BCUT2D eigenvalue weighted by Gasteiger charge is 2.42. The fourth-order valence-electron chi connectivity index (χ4n) is 3.22. The largest absolute Gasteiger partial charge is 0.327 e. The van der Waals surface area contributed by atoms with Crippen LogP contribution in [0.2, 0.25) is 0 Å². The van der Waals surface area contributed by atoms with Crippen molar-refractivity contribution >= 4 is 10.0 Å². The summed E-state index contributed by atoms with van der Waals surface area (Å²) >= 11 is 0. The van der Waals surface area contributed by atoms with Gasteiger partial charge in [0, 0.05) is 19.1 Å². The summed E-state index contributed by atoms with van der Waals surface area (Å²) in [6.07, 6.45) is 4.11. The van der Waals surface area contributed by atoms with Gasteiger partial charge in [0.25, 0.3) is 0 Å². The predicted molar refractivity (Wildman–Crippen MR) is 73.6 cm³/mol. The summed E-state index contributed by atoms with van der Waals surface area (Å²) in [7, 11) is -3.06. The molecule has 1 aliphatic heterocycles. The molecule has 0 aromatic rings. The van der Waals surface area contributed by atoms with Crippen LogP contribution >= 0.6 is 0 Å². The molecule has 3 unspecified atom stereocenters. The maximum absolute atomic E-state index is 12.3. The average Bonchev–Trinajstić information content (AvgIpc) is 2.73. The SMILES string of the molecule is CC(C)CCS(=O)(=O)N1CC2CCCC(N)C2C1. The molecule has 0 radical (unpaired) electrons. The van der Waals surface area contributed by atoms with Gasteiger partial charge in [0.1, 0.15) is 0 Å². The monoisotopic (exact) mass is 274 g/mol. The van der Waals surface area contributed by atoms with Crippen molar-refractivity contribution in [2.24, 2.45) is 23.5 Å². The lowest BCUT2D eigenvalue weighted by molar-refractivity contribution is 0.260. The third-order valence-electron chi connectivity index (χ3n) is 4.47. The van der Waals surface area contributed by atoms with Crippen LogP contribution in [0.3, 0.4) is 0 Å². The van der Waals surface area contributed by atoms with Crippen molar-refractivity contribution in [3.63, 3.8) is 0 Å². The zero-order valence-corrected chi connectivity index (χ0v) is 12.3. The molecule has 2 rings (SSSR count). The quantitative estimate of drug-likeness (QED) is 0.843. The highest BCUT2D eigenvalue weighted by Crippen LogP contribution is 2.36. The molecule has 2 aliphatic rings. The molecule has 1 aliphatic carbocycles. The van der Waals surface area contributed by atoms with Gasteiger partial charge in [-0.25, -0.2) is 12.7 Å². The van der Waals surface area contributed by atoms with Gasteiger partial charge in [0.2, 0.25) is 10.0 Å². The Labute approximate surface area is 111 Å². The molecule has 4 nitrogen and oxygen atoms in total. The minimum atomic E-state index is -3.06. The zero-order valence-electron chi connectivity index (χ0n) is 11.5. The van der Waals surface area contributed by atoms with Crippen molar-refractivity contribution in [3.8, 4) is 0 Å². The minimum absolute atomic E-state index is 0.203. The molecule has 3 atom stereocenters. The van der Waals surface area contributed by atoms with Gasteiger partial charge < -0.3 is 5.73 Å². The molecule has 0 amide bonds. The second-order valence-electron chi connectivity index (χ2n) is 6.33. The third-order valence-corrected chi connectivity index (χ3v) is 6.30. The van der Waals surface area contributed by atoms with E-state index in [0.717, 1.165) is 25.7 Å². The summed E-state index contributed by atoms with van der Waals surface area (Å²) in [6.45, 7) is 5.50. The van der Waals surface area contributed by atoms with Crippen molar-refractivity contribution in [1.29, 1.82) is 0 Å². The Kier molecular flexibility index (Phi) is 4.34. The standard InChI is InChI=1S/C13H26N2O2S/c1-10(2)6-7-18(16,17)15-8-11-4-3-5-13(14)12(11)9-15/h10-13H,3-9,14H2,1-2H3. The van der Waals surface area contributed by atoms with Gasteiger partial charge in [0.15, 0.2) is 0 Å². The van der Waals surface area contributed by atoms with Crippen LogP contribution in [-0.2, 0) is 10.0 Å². The second-order valence-corrected chi connectivity index (χ2v) is 8.42. The van der Waals surface area contributed by atoms with E-state index >= 15 is 0 Å². The number of hydrogen-bond donors (Lipinski definition) is 1. The molecule has 0 spiro atoms. The number of rotatable bonds is 4. The molecular formula is C13H26N2O2S. The van der Waals surface area contributed by atoms with E-state index in [1.807, 2.05) is 0 Å². The van der Waals surface area contributed by atoms with E-state index in [0.29, 0.717) is 36.6 Å². The second kappa shape index (κ2) is 5.47. The van der Waals surface area contributed by atoms with Gasteiger partial charge in [-0.15, -0.1) is 0 Å². The van der Waals surface area contributed by atoms with Crippen LogP contribution in [0.5, 0.6) is 0 Å². The molecular weight excluding hydrogens is 248 g/mol. The minimum Gasteiger partial charge on any atom is -0.327 e. The van der Waals surface area contributed by atoms with Crippen molar-refractivity contribution in [2.45, 2.75) is 45.6 Å². The molecule has 0 bridgehead atoms. The summed E-state index contributed by atoms with van der Waals surface area (Å²) in [5.74, 6) is 1.63. The van der Waals surface area contributed by atoms with Gasteiger partial charge in [-0.2, -0.15) is 0 Å². The Bertz CT molecular complexity index is 380. The first-order valence-electron chi connectivity index (χ1n) is 7.13. The van der Waals surface area contributed by atoms with E-state index in [1.165, 1.54) is 0 Å². The maximum Gasteiger partial charge on any atom is 0.214 e. The van der Waals surface area contributed by atoms with Crippen LogP contribution in [0, 0.1) is 17.8 Å². The molecule has 1 saturated carbocycles. The summed E-state index contributed by atoms with van der Waals surface area (Å²) in [6, 6.07) is 0.203. The first-order valence-corrected chi connectivity index (χ1v) is 8.74. The lowest BCUT2D eigenvalue weighted by atomic mass is 9.78. The van der Waals surface area contributed by atoms with Crippen LogP contribution in [0.4, 0.5) is 0 Å². The molecule has 1 saturated heterocycles. The number of nitrogens with two attached hydrogens (primary N) is 1. The third kappa shape index (κ3) is 3.06. The summed E-state index contributed by atoms with van der Waals surface area (Å²) < 4.78 is 26.2. The Morgan fingerprint density at radius 3 is 2.61 bits per heavy atom. The Morgan fingerprint density at radius 2 is 2.00 bits per heavy atom. The smallest absolute Gasteiger partial charge is 0.214 e. The molecule has 2 fully saturated rings. The summed E-state index contributed by atoms with van der Waals surface area (Å²) in [4.78, 5) is 0. The first kappa shape index (κ1) is 14.3. The van der Waals surface area contributed by atoms with Crippen LogP contribution in [0.1, 0.15) is 39.5 Å². The van der Waals surface area contributed by atoms with Gasteiger partial charge in [-0.1, -0.05) is 20.3 Å². The van der Waals surface area contributed by atoms with Crippen LogP contribution in [0.25, 0.3) is 0 Å². The van der Waals surface area contributed by atoms with E-state index in [4.69, 9.17) is 5.73 Å². The van der Waals surface area contributed by atoms with E-state index in [2.05, 4.69) is 13.8 Å². The van der Waals surface area contributed by atoms with Crippen LogP contribution < -0.4 is 5.73 Å². The number of sulfonamides is 1. The normalized spacial score (nSPS) is 33.9. The number of fused-ring (bicyclic) bond motifs is 1. The highest BCUT2D eigenvalue weighted by molar-refractivity contribution is 7.89. The molecule has 1 heterocycles. The molecule has 2 N–H and O–H groups in total. The van der Waals surface area contributed by atoms with Crippen molar-refractivity contribution in [2.75, 3.05) is 18.8 Å². The Balaban J connectivity index is 1.99. The van der Waals surface area contributed by atoms with E-state index < -0.39 is 10.0 Å². The van der Waals surface area contributed by atoms with Crippen molar-refractivity contribution in [1.82, 2.24) is 4.31 Å². The highest BCUT2D eigenvalue weighted by atomic mass is 32.2. The van der Waals surface area contributed by atoms with Gasteiger partial charge in [-0.05, 0) is 37.0 Å². The summed E-state index contributed by atoms with van der Waals surface area (Å²) in [5.41, 5.74) is 6.13. The Morgan fingerprint density at radius 1 is 1.28 bits per heavy atom. The van der Waals surface area contributed by atoms with Gasteiger partial charge in [0.05, 0.1) is 5.75 Å². The molecule has 0 aromatic carbocycles. The Hall–Kier alpha value is -0.130. The number of hydrogen-bond acceptors (Lipinski definition) is 3. The molecule has 5 heteroatoms. The van der Waals surface area contributed by atoms with E-state index in [9.17, 15) is 8.42 Å². The topological polar surface area (TPSA) is 63.4 Å². The van der Waals surface area contributed by atoms with Crippen molar-refractivity contribution < 1.29 is 8.42 Å². The number of nitrogens with zero attached hydrogens (tertiary/aromatic N) is 1. The van der Waals surface area contributed by atoms with Gasteiger partial charge in [-0.3, -0.25) is 0 Å². The van der Waals surface area contributed by atoms with E-state index in [-0.39, 0.29) is 6.04 Å². The van der Waals surface area contributed by atoms with Crippen molar-refractivity contribution in [3.05, 3.63) is 0 Å². The average molecular weight is 274 g/mol. The maximum atomic E-state index is 12.3. The van der Waals surface area contributed by atoms with Crippen LogP contribution in [-0.4, -0.2) is 37.6 Å². The lowest BCUT2D eigenvalue weighted by Crippen LogP contribution is -2.38. The first-order chi connectivity index (χ1) is 8.40. The summed E-state index contributed by atoms with van der Waals surface area (Å²) in [5, 5.41) is 0. The fourth-order valence-corrected chi connectivity index (χ4v) is 5.06. The van der Waals surface area contributed by atoms with E-state index in [1.54, 1.807) is 4.31 Å². The fraction of sp³-hybridized carbons (Fsp3) is 1.00. The lowest BCUT2D eigenvalue weighted by Gasteiger charge is -2.29. The molecule has 106 valence electrons.